The number of carbonyl (C=O) groups excluding carboxylic acids is 2. The van der Waals surface area contributed by atoms with E-state index in [4.69, 9.17) is 5.11 Å². The largest absolute Gasteiger partial charge is 0.389 e. The van der Waals surface area contributed by atoms with Gasteiger partial charge in [-0.05, 0) is 25.3 Å². The van der Waals surface area contributed by atoms with Crippen LogP contribution in [0.25, 0.3) is 0 Å². The van der Waals surface area contributed by atoms with Crippen LogP contribution in [0.15, 0.2) is 23.8 Å². The molecular weight excluding hydrogens is 220 g/mol. The van der Waals surface area contributed by atoms with Crippen molar-refractivity contribution in [3.63, 3.8) is 0 Å². The van der Waals surface area contributed by atoms with Crippen LogP contribution in [0.2, 0.25) is 0 Å². The number of Topliss-reactive ketones (excluding diaryl/α,β-unsaturated/α-hetero) is 2. The fraction of sp³-hybridized carbons (Fsp3) is 0.538. The van der Waals surface area contributed by atoms with Gasteiger partial charge >= 0.3 is 0 Å². The van der Waals surface area contributed by atoms with Crippen molar-refractivity contribution in [1.82, 2.24) is 0 Å². The fourth-order valence-corrected chi connectivity index (χ4v) is 1.69. The summed E-state index contributed by atoms with van der Waals surface area (Å²) in [6.45, 7) is -0.380. The lowest BCUT2D eigenvalue weighted by Crippen LogP contribution is -2.02. The Balaban J connectivity index is 2.16. The molecule has 1 rings (SSSR count). The van der Waals surface area contributed by atoms with E-state index < -0.39 is 6.10 Å². The molecule has 1 aliphatic carbocycles. The van der Waals surface area contributed by atoms with Crippen LogP contribution in [0.3, 0.4) is 0 Å². The third kappa shape index (κ3) is 5.06. The van der Waals surface area contributed by atoms with Crippen LogP contribution in [0.4, 0.5) is 0 Å². The van der Waals surface area contributed by atoms with Gasteiger partial charge in [-0.2, -0.15) is 0 Å². The van der Waals surface area contributed by atoms with Crippen LogP contribution in [0.1, 0.15) is 32.1 Å². The zero-order valence-electron chi connectivity index (χ0n) is 9.76. The highest BCUT2D eigenvalue weighted by atomic mass is 16.3. The third-order valence-electron chi connectivity index (χ3n) is 2.64. The van der Waals surface area contributed by atoms with Crippen LogP contribution >= 0.6 is 0 Å². The Morgan fingerprint density at radius 3 is 2.82 bits per heavy atom. The molecule has 4 nitrogen and oxygen atoms in total. The average molecular weight is 238 g/mol. The molecule has 0 heterocycles. The minimum atomic E-state index is -0.635. The number of hydrogen-bond donors (Lipinski definition) is 2. The summed E-state index contributed by atoms with van der Waals surface area (Å²) in [6, 6.07) is 0. The fourth-order valence-electron chi connectivity index (χ4n) is 1.69. The van der Waals surface area contributed by atoms with Crippen molar-refractivity contribution in [3.05, 3.63) is 23.8 Å². The maximum Gasteiger partial charge on any atom is 0.165 e. The highest BCUT2D eigenvalue weighted by molar-refractivity contribution is 6.00. The summed E-state index contributed by atoms with van der Waals surface area (Å²) in [5, 5.41) is 17.7. The van der Waals surface area contributed by atoms with Gasteiger partial charge in [-0.25, -0.2) is 0 Å². The smallest absolute Gasteiger partial charge is 0.165 e. The second kappa shape index (κ2) is 7.14. The lowest BCUT2D eigenvalue weighted by molar-refractivity contribution is -0.121. The van der Waals surface area contributed by atoms with E-state index in [0.29, 0.717) is 12.0 Å². The quantitative estimate of drug-likeness (QED) is 0.647. The van der Waals surface area contributed by atoms with Crippen LogP contribution in [-0.4, -0.2) is 34.5 Å². The van der Waals surface area contributed by atoms with Crippen LogP contribution in [0.5, 0.6) is 0 Å². The van der Waals surface area contributed by atoms with Gasteiger partial charge < -0.3 is 10.2 Å². The van der Waals surface area contributed by atoms with Gasteiger partial charge in [-0.1, -0.05) is 12.2 Å². The molecule has 0 spiro atoms. The van der Waals surface area contributed by atoms with Gasteiger partial charge in [0.25, 0.3) is 0 Å². The number of unbranched alkanes of at least 4 members (excludes halogenated alkanes) is 2. The van der Waals surface area contributed by atoms with Gasteiger partial charge in [-0.3, -0.25) is 9.59 Å². The first-order valence-electron chi connectivity index (χ1n) is 5.85. The topological polar surface area (TPSA) is 74.6 Å². The van der Waals surface area contributed by atoms with Crippen LogP contribution in [-0.2, 0) is 9.59 Å². The van der Waals surface area contributed by atoms with Crippen LogP contribution < -0.4 is 0 Å². The number of allylic oxidation sites excluding steroid dienone is 3. The zero-order valence-corrected chi connectivity index (χ0v) is 9.76. The van der Waals surface area contributed by atoms with E-state index in [1.54, 1.807) is 12.2 Å². The first-order chi connectivity index (χ1) is 8.13. The summed E-state index contributed by atoms with van der Waals surface area (Å²) in [5.41, 5.74) is 0.573. The Hall–Kier alpha value is -1.26. The molecule has 94 valence electrons. The van der Waals surface area contributed by atoms with Gasteiger partial charge in [0.1, 0.15) is 6.61 Å². The SMILES string of the molecule is O=C(CO)CCCCC=CC1=CC(O)CC1=O. The van der Waals surface area contributed by atoms with E-state index in [1.165, 1.54) is 0 Å². The molecule has 0 aliphatic heterocycles. The maximum atomic E-state index is 11.3. The lowest BCUT2D eigenvalue weighted by atomic mass is 10.1. The summed E-state index contributed by atoms with van der Waals surface area (Å²) < 4.78 is 0. The van der Waals surface area contributed by atoms with E-state index in [2.05, 4.69) is 0 Å². The summed E-state index contributed by atoms with van der Waals surface area (Å²) in [6.07, 6.45) is 7.52. The number of carbonyl (C=O) groups is 2. The second-order valence-electron chi connectivity index (χ2n) is 4.16. The molecule has 17 heavy (non-hydrogen) atoms. The molecule has 1 unspecified atom stereocenters. The van der Waals surface area contributed by atoms with Gasteiger partial charge in [0.15, 0.2) is 11.6 Å². The van der Waals surface area contributed by atoms with E-state index in [9.17, 15) is 14.7 Å². The van der Waals surface area contributed by atoms with E-state index >= 15 is 0 Å². The van der Waals surface area contributed by atoms with Crippen molar-refractivity contribution >= 4 is 11.6 Å². The second-order valence-corrected chi connectivity index (χ2v) is 4.16. The Kier molecular flexibility index (Phi) is 5.80. The molecule has 0 aromatic carbocycles. The standard InChI is InChI=1S/C13H18O4/c14-9-11(15)6-4-2-1-3-5-10-7-12(16)8-13(10)17/h3,5,7,12,14,16H,1-2,4,6,8-9H2. The van der Waals surface area contributed by atoms with Crippen molar-refractivity contribution in [2.75, 3.05) is 6.61 Å². The molecule has 1 aliphatic rings. The minimum absolute atomic E-state index is 0.0239. The van der Waals surface area contributed by atoms with Gasteiger partial charge in [-0.15, -0.1) is 0 Å². The average Bonchev–Trinajstić information content (AvgIpc) is 2.62. The van der Waals surface area contributed by atoms with E-state index in [-0.39, 0.29) is 24.6 Å². The molecule has 4 heteroatoms. The van der Waals surface area contributed by atoms with Gasteiger partial charge in [0.2, 0.25) is 0 Å². The Morgan fingerprint density at radius 1 is 1.47 bits per heavy atom. The summed E-state index contributed by atoms with van der Waals surface area (Å²) >= 11 is 0. The lowest BCUT2D eigenvalue weighted by Gasteiger charge is -1.96. The Labute approximate surface area is 101 Å². The molecule has 0 aromatic heterocycles. The first-order valence-corrected chi connectivity index (χ1v) is 5.85. The highest BCUT2D eigenvalue weighted by Gasteiger charge is 2.19. The predicted octanol–water partition coefficient (Wildman–Crippen LogP) is 0.924. The number of ketones is 2. The Morgan fingerprint density at radius 2 is 2.24 bits per heavy atom. The first kappa shape index (κ1) is 13.8. The molecule has 0 aromatic rings. The molecule has 0 saturated heterocycles. The number of aliphatic hydroxyl groups excluding tert-OH is 2. The summed E-state index contributed by atoms with van der Waals surface area (Å²) in [5.74, 6) is -0.157. The molecule has 0 radical (unpaired) electrons. The Bertz CT molecular complexity index is 341. The van der Waals surface area contributed by atoms with E-state index in [1.807, 2.05) is 6.08 Å². The van der Waals surface area contributed by atoms with E-state index in [0.717, 1.165) is 19.3 Å². The molecule has 0 amide bonds. The minimum Gasteiger partial charge on any atom is -0.389 e. The number of rotatable bonds is 7. The number of hydrogen-bond acceptors (Lipinski definition) is 4. The van der Waals surface area contributed by atoms with Crippen molar-refractivity contribution in [3.8, 4) is 0 Å². The summed E-state index contributed by atoms with van der Waals surface area (Å²) in [7, 11) is 0. The zero-order chi connectivity index (χ0) is 12.7. The molecule has 1 atom stereocenters. The summed E-state index contributed by atoms with van der Waals surface area (Å²) in [4.78, 5) is 22.1. The predicted molar refractivity (Wildman–Crippen MR) is 63.4 cm³/mol. The molecule has 0 saturated carbocycles. The highest BCUT2D eigenvalue weighted by Crippen LogP contribution is 2.16. The molecule has 2 N–H and O–H groups in total. The van der Waals surface area contributed by atoms with Gasteiger partial charge in [0, 0.05) is 18.4 Å². The van der Waals surface area contributed by atoms with Crippen LogP contribution in [0, 0.1) is 0 Å². The van der Waals surface area contributed by atoms with Crippen molar-refractivity contribution in [2.45, 2.75) is 38.2 Å². The maximum absolute atomic E-state index is 11.3. The van der Waals surface area contributed by atoms with Crippen molar-refractivity contribution < 1.29 is 19.8 Å². The normalized spacial score (nSPS) is 20.0. The number of aliphatic hydroxyl groups is 2. The van der Waals surface area contributed by atoms with Crippen molar-refractivity contribution in [2.24, 2.45) is 0 Å². The van der Waals surface area contributed by atoms with Crippen molar-refractivity contribution in [1.29, 1.82) is 0 Å². The van der Waals surface area contributed by atoms with Gasteiger partial charge in [0.05, 0.1) is 6.10 Å². The molecule has 0 fully saturated rings. The molecular formula is C13H18O4. The molecule has 0 bridgehead atoms. The monoisotopic (exact) mass is 238 g/mol. The third-order valence-corrected chi connectivity index (χ3v) is 2.64.